The summed E-state index contributed by atoms with van der Waals surface area (Å²) in [6, 6.07) is 0.478. The van der Waals surface area contributed by atoms with Crippen molar-refractivity contribution < 1.29 is 9.90 Å². The Balaban J connectivity index is 1.62. The van der Waals surface area contributed by atoms with E-state index in [1.54, 1.807) is 0 Å². The van der Waals surface area contributed by atoms with Crippen LogP contribution in [0.3, 0.4) is 0 Å². The number of nitrogens with zero attached hydrogens (tertiary/aromatic N) is 1. The first-order chi connectivity index (χ1) is 10.1. The summed E-state index contributed by atoms with van der Waals surface area (Å²) in [7, 11) is 0. The van der Waals surface area contributed by atoms with Gasteiger partial charge in [0.2, 0.25) is 0 Å². The molecule has 0 bridgehead atoms. The van der Waals surface area contributed by atoms with Crippen LogP contribution in [-0.4, -0.2) is 47.2 Å². The van der Waals surface area contributed by atoms with Crippen LogP contribution in [-0.2, 0) is 4.79 Å². The molecule has 120 valence electrons. The van der Waals surface area contributed by atoms with Gasteiger partial charge in [-0.05, 0) is 69.7 Å². The highest BCUT2D eigenvalue weighted by atomic mass is 16.4. The number of carboxylic acid groups (broad SMARTS) is 1. The summed E-state index contributed by atoms with van der Waals surface area (Å²) in [5, 5.41) is 13.0. The van der Waals surface area contributed by atoms with Gasteiger partial charge in [-0.2, -0.15) is 0 Å². The monoisotopic (exact) mass is 294 g/mol. The largest absolute Gasteiger partial charge is 0.480 e. The van der Waals surface area contributed by atoms with Crippen LogP contribution in [0.5, 0.6) is 0 Å². The SMILES string of the molecule is CCCNC1(C(=O)O)CCC(N(CC2CC2)CC2CC2)C1. The minimum atomic E-state index is -0.661. The summed E-state index contributed by atoms with van der Waals surface area (Å²) in [6.45, 7) is 5.33. The molecule has 0 aromatic carbocycles. The molecular weight excluding hydrogens is 264 g/mol. The second-order valence-electron chi connectivity index (χ2n) is 7.55. The van der Waals surface area contributed by atoms with Crippen molar-refractivity contribution in [3.05, 3.63) is 0 Å². The zero-order valence-electron chi connectivity index (χ0n) is 13.3. The number of carboxylic acids is 1. The Morgan fingerprint density at radius 1 is 1.19 bits per heavy atom. The zero-order chi connectivity index (χ0) is 14.9. The van der Waals surface area contributed by atoms with E-state index in [2.05, 4.69) is 17.1 Å². The molecule has 0 aliphatic heterocycles. The van der Waals surface area contributed by atoms with Crippen molar-refractivity contribution in [3.8, 4) is 0 Å². The third-order valence-corrected chi connectivity index (χ3v) is 5.51. The Morgan fingerprint density at radius 3 is 2.29 bits per heavy atom. The van der Waals surface area contributed by atoms with Gasteiger partial charge < -0.3 is 10.4 Å². The Kier molecular flexibility index (Phi) is 4.55. The molecule has 3 rings (SSSR count). The highest BCUT2D eigenvalue weighted by Gasteiger charge is 2.47. The number of hydrogen-bond acceptors (Lipinski definition) is 3. The molecule has 0 saturated heterocycles. The molecule has 0 heterocycles. The minimum absolute atomic E-state index is 0.478. The molecule has 4 heteroatoms. The molecule has 3 fully saturated rings. The first-order valence-corrected chi connectivity index (χ1v) is 8.85. The van der Waals surface area contributed by atoms with E-state index in [1.807, 2.05) is 0 Å². The van der Waals surface area contributed by atoms with E-state index in [4.69, 9.17) is 0 Å². The van der Waals surface area contributed by atoms with Crippen LogP contribution in [0.15, 0.2) is 0 Å². The molecule has 0 radical (unpaired) electrons. The van der Waals surface area contributed by atoms with E-state index in [9.17, 15) is 9.90 Å². The van der Waals surface area contributed by atoms with E-state index in [0.717, 1.165) is 44.1 Å². The molecule has 4 nitrogen and oxygen atoms in total. The van der Waals surface area contributed by atoms with Crippen molar-refractivity contribution in [2.75, 3.05) is 19.6 Å². The molecule has 2 unspecified atom stereocenters. The van der Waals surface area contributed by atoms with Crippen molar-refractivity contribution in [2.45, 2.75) is 69.9 Å². The standard InChI is InChI=1S/C17H30N2O2/c1-2-9-18-17(16(20)21)8-7-15(10-17)19(11-13-3-4-13)12-14-5-6-14/h13-15,18H,2-12H2,1H3,(H,20,21). The first kappa shape index (κ1) is 15.3. The average molecular weight is 294 g/mol. The number of aliphatic carboxylic acids is 1. The van der Waals surface area contributed by atoms with Crippen molar-refractivity contribution in [1.29, 1.82) is 0 Å². The predicted molar refractivity (Wildman–Crippen MR) is 83.3 cm³/mol. The maximum absolute atomic E-state index is 11.8. The molecular formula is C17H30N2O2. The number of nitrogens with one attached hydrogen (secondary N) is 1. The van der Waals surface area contributed by atoms with Crippen molar-refractivity contribution in [1.82, 2.24) is 10.2 Å². The van der Waals surface area contributed by atoms with Crippen LogP contribution in [0.2, 0.25) is 0 Å². The lowest BCUT2D eigenvalue weighted by molar-refractivity contribution is -0.144. The molecule has 21 heavy (non-hydrogen) atoms. The normalized spacial score (nSPS) is 32.8. The zero-order valence-corrected chi connectivity index (χ0v) is 13.3. The molecule has 2 N–H and O–H groups in total. The van der Waals surface area contributed by atoms with Gasteiger partial charge in [-0.15, -0.1) is 0 Å². The lowest BCUT2D eigenvalue weighted by Crippen LogP contribution is -2.51. The van der Waals surface area contributed by atoms with Crippen LogP contribution in [0.25, 0.3) is 0 Å². The first-order valence-electron chi connectivity index (χ1n) is 8.85. The number of hydrogen-bond donors (Lipinski definition) is 2. The highest BCUT2D eigenvalue weighted by Crippen LogP contribution is 2.39. The van der Waals surface area contributed by atoms with Crippen molar-refractivity contribution >= 4 is 5.97 Å². The number of carbonyl (C=O) groups is 1. The van der Waals surface area contributed by atoms with Gasteiger partial charge in [0.15, 0.2) is 0 Å². The summed E-state index contributed by atoms with van der Waals surface area (Å²) < 4.78 is 0. The van der Waals surface area contributed by atoms with Gasteiger partial charge in [-0.3, -0.25) is 9.69 Å². The molecule has 0 spiro atoms. The molecule has 3 aliphatic carbocycles. The number of rotatable bonds is 9. The van der Waals surface area contributed by atoms with Gasteiger partial charge in [0.05, 0.1) is 0 Å². The van der Waals surface area contributed by atoms with Crippen molar-refractivity contribution in [3.63, 3.8) is 0 Å². The van der Waals surface area contributed by atoms with Crippen LogP contribution in [0.1, 0.15) is 58.3 Å². The van der Waals surface area contributed by atoms with Gasteiger partial charge in [0.25, 0.3) is 0 Å². The topological polar surface area (TPSA) is 52.6 Å². The molecule has 3 aliphatic rings. The maximum atomic E-state index is 11.8. The van der Waals surface area contributed by atoms with Gasteiger partial charge in [0, 0.05) is 19.1 Å². The van der Waals surface area contributed by atoms with Crippen LogP contribution < -0.4 is 5.32 Å². The smallest absolute Gasteiger partial charge is 0.323 e. The fourth-order valence-corrected chi connectivity index (χ4v) is 3.76. The third-order valence-electron chi connectivity index (χ3n) is 5.51. The van der Waals surface area contributed by atoms with E-state index in [1.165, 1.54) is 38.8 Å². The molecule has 0 amide bonds. The van der Waals surface area contributed by atoms with E-state index >= 15 is 0 Å². The fourth-order valence-electron chi connectivity index (χ4n) is 3.76. The van der Waals surface area contributed by atoms with Gasteiger partial charge >= 0.3 is 5.97 Å². The summed E-state index contributed by atoms with van der Waals surface area (Å²) in [5.41, 5.74) is -0.661. The molecule has 3 saturated carbocycles. The Hall–Kier alpha value is -0.610. The Bertz CT molecular complexity index is 365. The van der Waals surface area contributed by atoms with Gasteiger partial charge in [0.1, 0.15) is 5.54 Å². The Labute approximate surface area is 128 Å². The Morgan fingerprint density at radius 2 is 1.81 bits per heavy atom. The van der Waals surface area contributed by atoms with Gasteiger partial charge in [-0.1, -0.05) is 6.92 Å². The summed E-state index contributed by atoms with van der Waals surface area (Å²) in [6.07, 6.45) is 9.15. The second kappa shape index (κ2) is 6.25. The van der Waals surface area contributed by atoms with E-state index < -0.39 is 11.5 Å². The highest BCUT2D eigenvalue weighted by molar-refractivity contribution is 5.79. The van der Waals surface area contributed by atoms with Gasteiger partial charge in [-0.25, -0.2) is 0 Å². The maximum Gasteiger partial charge on any atom is 0.323 e. The van der Waals surface area contributed by atoms with Crippen LogP contribution in [0.4, 0.5) is 0 Å². The quantitative estimate of drug-likeness (QED) is 0.686. The lowest BCUT2D eigenvalue weighted by atomic mass is 9.97. The fraction of sp³-hybridized carbons (Fsp3) is 0.941. The van der Waals surface area contributed by atoms with Crippen molar-refractivity contribution in [2.24, 2.45) is 11.8 Å². The summed E-state index contributed by atoms with van der Waals surface area (Å²) >= 11 is 0. The third kappa shape index (κ3) is 3.78. The second-order valence-corrected chi connectivity index (χ2v) is 7.55. The minimum Gasteiger partial charge on any atom is -0.480 e. The molecule has 2 atom stereocenters. The molecule has 0 aromatic heterocycles. The lowest BCUT2D eigenvalue weighted by Gasteiger charge is -2.31. The van der Waals surface area contributed by atoms with Crippen LogP contribution in [0, 0.1) is 11.8 Å². The average Bonchev–Trinajstić information content (AvgIpc) is 3.38. The van der Waals surface area contributed by atoms with E-state index in [0.29, 0.717) is 6.04 Å². The predicted octanol–water partition coefficient (Wildman–Crippen LogP) is 2.48. The summed E-state index contributed by atoms with van der Waals surface area (Å²) in [4.78, 5) is 14.4. The molecule has 0 aromatic rings. The van der Waals surface area contributed by atoms with Crippen LogP contribution >= 0.6 is 0 Å². The van der Waals surface area contributed by atoms with E-state index in [-0.39, 0.29) is 0 Å². The summed E-state index contributed by atoms with van der Waals surface area (Å²) in [5.74, 6) is 1.15.